The maximum Gasteiger partial charge on any atom is 0.0647 e. The minimum atomic E-state index is -0.424. The summed E-state index contributed by atoms with van der Waals surface area (Å²) in [6.07, 6.45) is 14.8. The molecular weight excluding hydrogens is 220 g/mol. The number of hydrogen-bond acceptors (Lipinski definition) is 1. The van der Waals surface area contributed by atoms with E-state index in [-0.39, 0.29) is 0 Å². The molecule has 18 heavy (non-hydrogen) atoms. The van der Waals surface area contributed by atoms with Gasteiger partial charge in [0.05, 0.1) is 5.60 Å². The van der Waals surface area contributed by atoms with Crippen molar-refractivity contribution in [3.8, 4) is 0 Å². The summed E-state index contributed by atoms with van der Waals surface area (Å²) < 4.78 is 0. The zero-order valence-corrected chi connectivity index (χ0v) is 12.5. The van der Waals surface area contributed by atoms with Crippen LogP contribution in [0.4, 0.5) is 0 Å². The molecule has 1 nitrogen and oxygen atoms in total. The Kier molecular flexibility index (Phi) is 5.12. The van der Waals surface area contributed by atoms with Crippen molar-refractivity contribution in [3.63, 3.8) is 0 Å². The molecule has 2 aliphatic rings. The van der Waals surface area contributed by atoms with E-state index in [0.717, 1.165) is 18.3 Å². The maximum atomic E-state index is 10.8. The first-order valence-electron chi connectivity index (χ1n) is 8.32. The zero-order valence-electron chi connectivity index (χ0n) is 12.5. The molecule has 0 heterocycles. The quantitative estimate of drug-likeness (QED) is 0.736. The largest absolute Gasteiger partial charge is 0.390 e. The first-order chi connectivity index (χ1) is 8.59. The summed E-state index contributed by atoms with van der Waals surface area (Å²) in [5.74, 6) is 2.18. The summed E-state index contributed by atoms with van der Waals surface area (Å²) in [6, 6.07) is 0. The molecule has 106 valence electrons. The molecule has 0 aliphatic heterocycles. The molecule has 0 aromatic heterocycles. The van der Waals surface area contributed by atoms with Gasteiger partial charge in [0.1, 0.15) is 0 Å². The molecule has 2 rings (SSSR count). The van der Waals surface area contributed by atoms with E-state index in [1.165, 1.54) is 64.2 Å². The topological polar surface area (TPSA) is 20.2 Å². The van der Waals surface area contributed by atoms with Crippen LogP contribution in [0.3, 0.4) is 0 Å². The Balaban J connectivity index is 1.77. The van der Waals surface area contributed by atoms with Crippen molar-refractivity contribution < 1.29 is 5.11 Å². The van der Waals surface area contributed by atoms with Gasteiger partial charge in [-0.3, -0.25) is 0 Å². The minimum Gasteiger partial charge on any atom is -0.390 e. The summed E-state index contributed by atoms with van der Waals surface area (Å²) in [5.41, 5.74) is -0.424. The lowest BCUT2D eigenvalue weighted by atomic mass is 9.75. The summed E-state index contributed by atoms with van der Waals surface area (Å²) in [4.78, 5) is 0. The third kappa shape index (κ3) is 3.73. The molecule has 2 unspecified atom stereocenters. The molecule has 0 aromatic carbocycles. The molecule has 0 radical (unpaired) electrons. The van der Waals surface area contributed by atoms with Crippen molar-refractivity contribution in [1.82, 2.24) is 0 Å². The Morgan fingerprint density at radius 2 is 1.56 bits per heavy atom. The highest BCUT2D eigenvalue weighted by atomic mass is 16.3. The first kappa shape index (κ1) is 14.4. The highest BCUT2D eigenvalue weighted by Crippen LogP contribution is 2.39. The van der Waals surface area contributed by atoms with Crippen LogP contribution in [0.25, 0.3) is 0 Å². The number of aliphatic hydroxyl groups is 1. The Labute approximate surface area is 113 Å². The smallest absolute Gasteiger partial charge is 0.0647 e. The third-order valence-corrected chi connectivity index (χ3v) is 5.87. The van der Waals surface area contributed by atoms with Crippen LogP contribution >= 0.6 is 0 Å². The fourth-order valence-corrected chi connectivity index (χ4v) is 4.16. The van der Waals surface area contributed by atoms with Crippen molar-refractivity contribution in [2.24, 2.45) is 17.8 Å². The second-order valence-electron chi connectivity index (χ2n) is 7.23. The lowest BCUT2D eigenvalue weighted by molar-refractivity contribution is -0.0302. The van der Waals surface area contributed by atoms with Gasteiger partial charge in [-0.05, 0) is 37.5 Å². The van der Waals surface area contributed by atoms with E-state index >= 15 is 0 Å². The van der Waals surface area contributed by atoms with E-state index in [0.29, 0.717) is 5.92 Å². The fourth-order valence-electron chi connectivity index (χ4n) is 4.16. The predicted molar refractivity (Wildman–Crippen MR) is 77.6 cm³/mol. The maximum absolute atomic E-state index is 10.8. The van der Waals surface area contributed by atoms with Gasteiger partial charge >= 0.3 is 0 Å². The fraction of sp³-hybridized carbons (Fsp3) is 1.00. The highest BCUT2D eigenvalue weighted by Gasteiger charge is 2.35. The van der Waals surface area contributed by atoms with Crippen molar-refractivity contribution in [3.05, 3.63) is 0 Å². The Morgan fingerprint density at radius 3 is 2.17 bits per heavy atom. The molecule has 0 amide bonds. The average Bonchev–Trinajstić information content (AvgIpc) is 2.90. The molecule has 2 aliphatic carbocycles. The Bertz CT molecular complexity index is 234. The van der Waals surface area contributed by atoms with Crippen LogP contribution in [-0.4, -0.2) is 10.7 Å². The average molecular weight is 252 g/mol. The van der Waals surface area contributed by atoms with Gasteiger partial charge in [-0.1, -0.05) is 64.7 Å². The van der Waals surface area contributed by atoms with Gasteiger partial charge < -0.3 is 5.11 Å². The molecule has 0 bridgehead atoms. The number of hydrogen-bond donors (Lipinski definition) is 1. The molecule has 2 fully saturated rings. The minimum absolute atomic E-state index is 0.424. The number of rotatable bonds is 5. The molecular formula is C17H32O. The Morgan fingerprint density at radius 1 is 1.00 bits per heavy atom. The van der Waals surface area contributed by atoms with E-state index in [4.69, 9.17) is 0 Å². The predicted octanol–water partition coefficient (Wildman–Crippen LogP) is 4.92. The van der Waals surface area contributed by atoms with Crippen LogP contribution in [0.1, 0.15) is 84.5 Å². The van der Waals surface area contributed by atoms with Gasteiger partial charge in [0.2, 0.25) is 0 Å². The van der Waals surface area contributed by atoms with E-state index in [9.17, 15) is 5.11 Å². The molecule has 0 spiro atoms. The van der Waals surface area contributed by atoms with Crippen LogP contribution in [0.15, 0.2) is 0 Å². The van der Waals surface area contributed by atoms with Crippen molar-refractivity contribution in [2.75, 3.05) is 0 Å². The summed E-state index contributed by atoms with van der Waals surface area (Å²) in [7, 11) is 0. The van der Waals surface area contributed by atoms with Crippen molar-refractivity contribution in [2.45, 2.75) is 90.1 Å². The highest BCUT2D eigenvalue weighted by molar-refractivity contribution is 4.87. The second kappa shape index (κ2) is 6.41. The van der Waals surface area contributed by atoms with Crippen LogP contribution < -0.4 is 0 Å². The van der Waals surface area contributed by atoms with Crippen LogP contribution in [0, 0.1) is 17.8 Å². The van der Waals surface area contributed by atoms with Gasteiger partial charge in [-0.2, -0.15) is 0 Å². The summed E-state index contributed by atoms with van der Waals surface area (Å²) in [5, 5.41) is 10.8. The van der Waals surface area contributed by atoms with Crippen LogP contribution in [0.2, 0.25) is 0 Å². The summed E-state index contributed by atoms with van der Waals surface area (Å²) in [6.45, 7) is 4.38. The van der Waals surface area contributed by atoms with E-state index in [1.54, 1.807) is 0 Å². The van der Waals surface area contributed by atoms with E-state index < -0.39 is 5.60 Å². The first-order valence-corrected chi connectivity index (χ1v) is 8.32. The molecule has 0 aromatic rings. The van der Waals surface area contributed by atoms with Crippen LogP contribution in [0.5, 0.6) is 0 Å². The zero-order chi connectivity index (χ0) is 13.0. The van der Waals surface area contributed by atoms with E-state index in [1.807, 2.05) is 0 Å². The normalized spacial score (nSPS) is 28.2. The molecule has 2 atom stereocenters. The van der Waals surface area contributed by atoms with Crippen LogP contribution in [-0.2, 0) is 0 Å². The van der Waals surface area contributed by atoms with Crippen molar-refractivity contribution in [1.29, 1.82) is 0 Å². The SMILES string of the molecule is CC(C1CCCC1)C(C)(O)CCC1CCCCC1. The van der Waals surface area contributed by atoms with Gasteiger partial charge in [0, 0.05) is 0 Å². The molecule has 1 heteroatoms. The van der Waals surface area contributed by atoms with Gasteiger partial charge in [0.15, 0.2) is 0 Å². The van der Waals surface area contributed by atoms with Crippen molar-refractivity contribution >= 4 is 0 Å². The van der Waals surface area contributed by atoms with Gasteiger partial charge in [-0.15, -0.1) is 0 Å². The summed E-state index contributed by atoms with van der Waals surface area (Å²) >= 11 is 0. The second-order valence-corrected chi connectivity index (χ2v) is 7.23. The lowest BCUT2D eigenvalue weighted by Gasteiger charge is -2.36. The molecule has 2 saturated carbocycles. The Hall–Kier alpha value is -0.0400. The standard InChI is InChI=1S/C17H32O/c1-14(16-10-6-7-11-16)17(2,18)13-12-15-8-4-3-5-9-15/h14-16,18H,3-13H2,1-2H3. The lowest BCUT2D eigenvalue weighted by Crippen LogP contribution is -2.37. The monoisotopic (exact) mass is 252 g/mol. The molecule has 1 N–H and O–H groups in total. The van der Waals surface area contributed by atoms with E-state index in [2.05, 4.69) is 13.8 Å². The molecule has 0 saturated heterocycles. The third-order valence-electron chi connectivity index (χ3n) is 5.87. The van der Waals surface area contributed by atoms with Gasteiger partial charge in [-0.25, -0.2) is 0 Å². The van der Waals surface area contributed by atoms with Gasteiger partial charge in [0.25, 0.3) is 0 Å².